The zero-order valence-electron chi connectivity index (χ0n) is 12.3. The smallest absolute Gasteiger partial charge is 0.133 e. The summed E-state index contributed by atoms with van der Waals surface area (Å²) in [6.45, 7) is 5.31. The summed E-state index contributed by atoms with van der Waals surface area (Å²) in [5.74, 6) is 2.43. The summed E-state index contributed by atoms with van der Waals surface area (Å²) in [7, 11) is 1.91. The molecule has 0 radical (unpaired) electrons. The fourth-order valence-corrected chi connectivity index (χ4v) is 2.47. The molecule has 19 heavy (non-hydrogen) atoms. The molecule has 0 saturated carbocycles. The van der Waals surface area contributed by atoms with Gasteiger partial charge in [0.2, 0.25) is 0 Å². The maximum absolute atomic E-state index is 5.78. The van der Waals surface area contributed by atoms with E-state index in [0.29, 0.717) is 12.0 Å². The van der Waals surface area contributed by atoms with Gasteiger partial charge in [-0.1, -0.05) is 13.8 Å². The topological polar surface area (TPSA) is 47.0 Å². The van der Waals surface area contributed by atoms with Crippen LogP contribution in [0.3, 0.4) is 0 Å². The fourth-order valence-electron chi connectivity index (χ4n) is 2.47. The number of ether oxygens (including phenoxy) is 1. The highest BCUT2D eigenvalue weighted by Gasteiger charge is 2.16. The van der Waals surface area contributed by atoms with E-state index in [2.05, 4.69) is 29.1 Å². The molecule has 1 fully saturated rings. The van der Waals surface area contributed by atoms with Crippen molar-refractivity contribution in [2.24, 2.45) is 5.92 Å². The highest BCUT2D eigenvalue weighted by molar-refractivity contribution is 5.35. The summed E-state index contributed by atoms with van der Waals surface area (Å²) in [6.07, 6.45) is 5.71. The second-order valence-corrected chi connectivity index (χ2v) is 5.70. The van der Waals surface area contributed by atoms with Crippen LogP contribution in [0.5, 0.6) is 0 Å². The van der Waals surface area contributed by atoms with E-state index in [9.17, 15) is 0 Å². The average molecular weight is 263 g/mol. The Morgan fingerprint density at radius 3 is 2.84 bits per heavy atom. The predicted octanol–water partition coefficient (Wildman–Crippen LogP) is 2.83. The molecule has 0 amide bonds. The van der Waals surface area contributed by atoms with E-state index in [1.165, 1.54) is 12.8 Å². The molecule has 0 bridgehead atoms. The van der Waals surface area contributed by atoms with E-state index in [4.69, 9.17) is 4.74 Å². The maximum atomic E-state index is 5.78. The molecule has 0 aromatic carbocycles. The van der Waals surface area contributed by atoms with Crippen molar-refractivity contribution in [2.75, 3.05) is 19.0 Å². The van der Waals surface area contributed by atoms with Crippen molar-refractivity contribution < 1.29 is 4.74 Å². The zero-order chi connectivity index (χ0) is 13.7. The van der Waals surface area contributed by atoms with Crippen LogP contribution < -0.4 is 5.32 Å². The van der Waals surface area contributed by atoms with E-state index in [1.54, 1.807) is 0 Å². The summed E-state index contributed by atoms with van der Waals surface area (Å²) in [4.78, 5) is 9.24. The number of nitrogens with zero attached hydrogens (tertiary/aromatic N) is 2. The molecule has 2 rings (SSSR count). The Hall–Kier alpha value is -1.16. The molecule has 0 aliphatic carbocycles. The molecule has 1 aromatic rings. The van der Waals surface area contributed by atoms with Crippen molar-refractivity contribution >= 4 is 5.82 Å². The Kier molecular flexibility index (Phi) is 5.14. The van der Waals surface area contributed by atoms with Crippen LogP contribution in [0.4, 0.5) is 5.82 Å². The summed E-state index contributed by atoms with van der Waals surface area (Å²) in [5, 5.41) is 3.13. The second-order valence-electron chi connectivity index (χ2n) is 5.70. The quantitative estimate of drug-likeness (QED) is 0.887. The van der Waals surface area contributed by atoms with E-state index in [1.807, 2.05) is 13.1 Å². The number of rotatable bonds is 5. The fraction of sp³-hybridized carbons (Fsp3) is 0.733. The lowest BCUT2D eigenvalue weighted by Gasteiger charge is -2.22. The molecule has 106 valence electrons. The number of nitrogens with one attached hydrogen (secondary N) is 1. The lowest BCUT2D eigenvalue weighted by atomic mass is 10.1. The summed E-state index contributed by atoms with van der Waals surface area (Å²) >= 11 is 0. The van der Waals surface area contributed by atoms with Gasteiger partial charge in [-0.2, -0.15) is 0 Å². The summed E-state index contributed by atoms with van der Waals surface area (Å²) in [5.41, 5.74) is 1.13. The molecule has 1 aromatic heterocycles. The minimum absolute atomic E-state index is 0.299. The van der Waals surface area contributed by atoms with E-state index >= 15 is 0 Å². The van der Waals surface area contributed by atoms with E-state index in [0.717, 1.165) is 43.2 Å². The third kappa shape index (κ3) is 4.46. The maximum Gasteiger partial charge on any atom is 0.133 e. The van der Waals surface area contributed by atoms with Crippen LogP contribution in [0.1, 0.15) is 44.6 Å². The van der Waals surface area contributed by atoms with Crippen LogP contribution in [0.15, 0.2) is 6.07 Å². The number of hydrogen-bond acceptors (Lipinski definition) is 4. The second kappa shape index (κ2) is 6.85. The molecule has 1 atom stereocenters. The first-order valence-electron chi connectivity index (χ1n) is 7.33. The third-order valence-electron chi connectivity index (χ3n) is 3.38. The monoisotopic (exact) mass is 263 g/mol. The SMILES string of the molecule is CNc1cc(CC(C)C)nc(CC2CCCCO2)n1. The minimum Gasteiger partial charge on any atom is -0.378 e. The minimum atomic E-state index is 0.299. The van der Waals surface area contributed by atoms with Crippen LogP contribution in [-0.2, 0) is 17.6 Å². The first-order chi connectivity index (χ1) is 9.17. The predicted molar refractivity (Wildman–Crippen MR) is 77.4 cm³/mol. The van der Waals surface area contributed by atoms with Gasteiger partial charge in [0.15, 0.2) is 0 Å². The lowest BCUT2D eigenvalue weighted by Crippen LogP contribution is -2.23. The Bertz CT molecular complexity index is 400. The van der Waals surface area contributed by atoms with Gasteiger partial charge in [0.1, 0.15) is 11.6 Å². The zero-order valence-corrected chi connectivity index (χ0v) is 12.3. The molecular formula is C15H25N3O. The van der Waals surface area contributed by atoms with Gasteiger partial charge in [0.05, 0.1) is 6.10 Å². The van der Waals surface area contributed by atoms with Crippen molar-refractivity contribution in [3.8, 4) is 0 Å². The summed E-state index contributed by atoms with van der Waals surface area (Å²) in [6, 6.07) is 2.05. The highest BCUT2D eigenvalue weighted by Crippen LogP contribution is 2.17. The number of hydrogen-bond donors (Lipinski definition) is 1. The van der Waals surface area contributed by atoms with Gasteiger partial charge in [0.25, 0.3) is 0 Å². The van der Waals surface area contributed by atoms with Crippen molar-refractivity contribution in [1.82, 2.24) is 9.97 Å². The Labute approximate surface area is 116 Å². The largest absolute Gasteiger partial charge is 0.378 e. The van der Waals surface area contributed by atoms with Crippen molar-refractivity contribution in [1.29, 1.82) is 0 Å². The molecular weight excluding hydrogens is 238 g/mol. The Morgan fingerprint density at radius 1 is 1.37 bits per heavy atom. The average Bonchev–Trinajstić information content (AvgIpc) is 2.38. The van der Waals surface area contributed by atoms with Crippen LogP contribution in [0, 0.1) is 5.92 Å². The lowest BCUT2D eigenvalue weighted by molar-refractivity contribution is 0.0156. The van der Waals surface area contributed by atoms with E-state index < -0.39 is 0 Å². The standard InChI is InChI=1S/C15H25N3O/c1-11(2)8-12-9-14(16-3)18-15(17-12)10-13-6-4-5-7-19-13/h9,11,13H,4-8,10H2,1-3H3,(H,16,17,18). The van der Waals surface area contributed by atoms with Crippen LogP contribution >= 0.6 is 0 Å². The molecule has 4 nitrogen and oxygen atoms in total. The number of aromatic nitrogens is 2. The highest BCUT2D eigenvalue weighted by atomic mass is 16.5. The van der Waals surface area contributed by atoms with Crippen molar-refractivity contribution in [2.45, 2.75) is 52.1 Å². The van der Waals surface area contributed by atoms with Gasteiger partial charge in [-0.25, -0.2) is 9.97 Å². The van der Waals surface area contributed by atoms with Crippen LogP contribution in [0.2, 0.25) is 0 Å². The van der Waals surface area contributed by atoms with Crippen LogP contribution in [0.25, 0.3) is 0 Å². The van der Waals surface area contributed by atoms with Crippen LogP contribution in [-0.4, -0.2) is 29.7 Å². The van der Waals surface area contributed by atoms with Gasteiger partial charge in [-0.05, 0) is 31.6 Å². The molecule has 4 heteroatoms. The van der Waals surface area contributed by atoms with Gasteiger partial charge in [0, 0.05) is 31.8 Å². The molecule has 1 saturated heterocycles. The molecule has 1 aliphatic rings. The van der Waals surface area contributed by atoms with Gasteiger partial charge in [-0.3, -0.25) is 0 Å². The molecule has 0 spiro atoms. The molecule has 1 N–H and O–H groups in total. The van der Waals surface area contributed by atoms with Crippen molar-refractivity contribution in [3.05, 3.63) is 17.6 Å². The first kappa shape index (κ1) is 14.3. The molecule has 1 unspecified atom stereocenters. The Balaban J connectivity index is 2.09. The van der Waals surface area contributed by atoms with Gasteiger partial charge in [-0.15, -0.1) is 0 Å². The normalized spacial score (nSPS) is 19.7. The summed E-state index contributed by atoms with van der Waals surface area (Å²) < 4.78 is 5.78. The number of anilines is 1. The third-order valence-corrected chi connectivity index (χ3v) is 3.38. The Morgan fingerprint density at radius 2 is 2.21 bits per heavy atom. The van der Waals surface area contributed by atoms with Gasteiger partial charge >= 0.3 is 0 Å². The van der Waals surface area contributed by atoms with Gasteiger partial charge < -0.3 is 10.1 Å². The first-order valence-corrected chi connectivity index (χ1v) is 7.33. The van der Waals surface area contributed by atoms with E-state index in [-0.39, 0.29) is 0 Å². The molecule has 2 heterocycles. The van der Waals surface area contributed by atoms with Crippen molar-refractivity contribution in [3.63, 3.8) is 0 Å². The molecule has 1 aliphatic heterocycles.